The maximum atomic E-state index is 11.8. The van der Waals surface area contributed by atoms with Gasteiger partial charge in [-0.05, 0) is 53.8 Å². The summed E-state index contributed by atoms with van der Waals surface area (Å²) in [4.78, 5) is 28.0. The number of fused-ring (bicyclic) bond motifs is 2. The first-order chi connectivity index (χ1) is 13.1. The van der Waals surface area contributed by atoms with E-state index in [4.69, 9.17) is 9.72 Å². The Hall–Kier alpha value is -3.47. The predicted molar refractivity (Wildman–Crippen MR) is 100 cm³/mol. The van der Waals surface area contributed by atoms with E-state index < -0.39 is 5.97 Å². The second kappa shape index (κ2) is 6.68. The molecule has 0 bridgehead atoms. The average molecular weight is 358 g/mol. The van der Waals surface area contributed by atoms with E-state index in [0.717, 1.165) is 16.7 Å². The van der Waals surface area contributed by atoms with Crippen LogP contribution in [0.3, 0.4) is 0 Å². The Balaban J connectivity index is 1.80. The van der Waals surface area contributed by atoms with Crippen LogP contribution in [0.5, 0.6) is 0 Å². The Morgan fingerprint density at radius 3 is 2.52 bits per heavy atom. The summed E-state index contributed by atoms with van der Waals surface area (Å²) in [6, 6.07) is 14.3. The molecule has 5 nitrogen and oxygen atoms in total. The number of benzene rings is 2. The Kier molecular flexibility index (Phi) is 4.20. The third-order valence-corrected chi connectivity index (χ3v) is 4.82. The summed E-state index contributed by atoms with van der Waals surface area (Å²) in [7, 11) is 1.35. The molecular weight excluding hydrogens is 342 g/mol. The number of aromatic nitrogens is 1. The van der Waals surface area contributed by atoms with E-state index >= 15 is 0 Å². The van der Waals surface area contributed by atoms with Crippen LogP contribution in [0.1, 0.15) is 44.0 Å². The van der Waals surface area contributed by atoms with E-state index in [1.54, 1.807) is 24.3 Å². The molecule has 0 radical (unpaired) electrons. The van der Waals surface area contributed by atoms with Crippen molar-refractivity contribution in [2.24, 2.45) is 0 Å². The predicted octanol–water partition coefficient (Wildman–Crippen LogP) is 2.87. The number of allylic oxidation sites excluding steroid dienone is 1. The highest BCUT2D eigenvalue weighted by molar-refractivity contribution is 6.05. The number of nitrogens with zero attached hydrogens (tertiary/aromatic N) is 1. The number of hydrogen-bond acceptors (Lipinski definition) is 5. The average Bonchev–Trinajstić information content (AvgIpc) is 3.08. The molecule has 0 N–H and O–H groups in total. The van der Waals surface area contributed by atoms with Crippen LogP contribution >= 0.6 is 0 Å². The van der Waals surface area contributed by atoms with Crippen molar-refractivity contribution in [2.75, 3.05) is 7.11 Å². The lowest BCUT2D eigenvalue weighted by Crippen LogP contribution is -2.24. The third-order valence-electron chi connectivity index (χ3n) is 4.82. The standard InChI is InChI=1S/C22H17NO4/c1-27-22(26)14-8-6-13(7-9-14)12-15-10-11-17-19(21(24)25)16-4-2-3-5-18(16)23-20(15)17/h2-9,12H,10-11H2,1H3,(H,24,25)/p-1/b15-12+. The summed E-state index contributed by atoms with van der Waals surface area (Å²) >= 11 is 0. The lowest BCUT2D eigenvalue weighted by atomic mass is 10.0. The van der Waals surface area contributed by atoms with Gasteiger partial charge in [0.25, 0.3) is 0 Å². The molecule has 0 saturated heterocycles. The summed E-state index contributed by atoms with van der Waals surface area (Å²) < 4.78 is 4.71. The van der Waals surface area contributed by atoms with Crippen molar-refractivity contribution < 1.29 is 19.4 Å². The zero-order chi connectivity index (χ0) is 19.0. The van der Waals surface area contributed by atoms with Gasteiger partial charge in [0.15, 0.2) is 0 Å². The van der Waals surface area contributed by atoms with E-state index in [1.165, 1.54) is 7.11 Å². The Bertz CT molecular complexity index is 1100. The molecule has 1 aliphatic rings. The molecule has 1 aromatic heterocycles. The number of carboxylic acids is 1. The third kappa shape index (κ3) is 2.97. The molecule has 5 heteroatoms. The first-order valence-corrected chi connectivity index (χ1v) is 8.61. The van der Waals surface area contributed by atoms with Gasteiger partial charge in [0, 0.05) is 10.9 Å². The van der Waals surface area contributed by atoms with Gasteiger partial charge in [0.05, 0.1) is 29.9 Å². The molecule has 0 saturated carbocycles. The smallest absolute Gasteiger partial charge is 0.337 e. The highest BCUT2D eigenvalue weighted by Gasteiger charge is 2.23. The number of carbonyl (C=O) groups is 2. The van der Waals surface area contributed by atoms with Crippen LogP contribution < -0.4 is 5.11 Å². The van der Waals surface area contributed by atoms with Crippen molar-refractivity contribution in [1.29, 1.82) is 0 Å². The van der Waals surface area contributed by atoms with Gasteiger partial charge in [-0.1, -0.05) is 30.3 Å². The van der Waals surface area contributed by atoms with Crippen LogP contribution in [0.25, 0.3) is 22.6 Å². The molecule has 0 aliphatic heterocycles. The van der Waals surface area contributed by atoms with Gasteiger partial charge in [-0.3, -0.25) is 0 Å². The van der Waals surface area contributed by atoms with Gasteiger partial charge in [-0.25, -0.2) is 9.78 Å². The van der Waals surface area contributed by atoms with Crippen LogP contribution in [0.2, 0.25) is 0 Å². The molecule has 0 atom stereocenters. The quantitative estimate of drug-likeness (QED) is 0.673. The first kappa shape index (κ1) is 17.0. The number of pyridine rings is 1. The van der Waals surface area contributed by atoms with Gasteiger partial charge in [0.2, 0.25) is 0 Å². The number of rotatable bonds is 3. The van der Waals surface area contributed by atoms with E-state index in [9.17, 15) is 14.7 Å². The molecule has 134 valence electrons. The molecule has 1 aliphatic carbocycles. The minimum Gasteiger partial charge on any atom is -0.545 e. The van der Waals surface area contributed by atoms with Crippen LogP contribution in [0.4, 0.5) is 0 Å². The molecule has 3 aromatic rings. The zero-order valence-corrected chi connectivity index (χ0v) is 14.7. The number of carbonyl (C=O) groups excluding carboxylic acids is 2. The Morgan fingerprint density at radius 1 is 1.07 bits per heavy atom. The second-order valence-corrected chi connectivity index (χ2v) is 6.40. The molecule has 0 fully saturated rings. The number of carboxylic acid groups (broad SMARTS) is 1. The van der Waals surface area contributed by atoms with Gasteiger partial charge in [0.1, 0.15) is 0 Å². The van der Waals surface area contributed by atoms with Gasteiger partial charge >= 0.3 is 5.97 Å². The number of esters is 1. The topological polar surface area (TPSA) is 79.3 Å². The maximum Gasteiger partial charge on any atom is 0.337 e. The Morgan fingerprint density at radius 2 is 1.81 bits per heavy atom. The van der Waals surface area contributed by atoms with Crippen LogP contribution in [-0.4, -0.2) is 24.0 Å². The summed E-state index contributed by atoms with van der Waals surface area (Å²) in [6.07, 6.45) is 3.30. The molecule has 0 amide bonds. The molecular formula is C22H16NO4-. The fourth-order valence-corrected chi connectivity index (χ4v) is 3.55. The number of ether oxygens (including phenoxy) is 1. The number of hydrogen-bond donors (Lipinski definition) is 0. The van der Waals surface area contributed by atoms with Crippen molar-refractivity contribution in [3.05, 3.63) is 76.5 Å². The molecule has 0 spiro atoms. The van der Waals surface area contributed by atoms with Crippen molar-refractivity contribution in [1.82, 2.24) is 4.98 Å². The largest absolute Gasteiger partial charge is 0.545 e. The summed E-state index contributed by atoms with van der Waals surface area (Å²) in [5, 5.41) is 12.4. The molecule has 27 heavy (non-hydrogen) atoms. The van der Waals surface area contributed by atoms with Crippen molar-refractivity contribution >= 4 is 34.5 Å². The monoisotopic (exact) mass is 358 g/mol. The molecule has 4 rings (SSSR count). The van der Waals surface area contributed by atoms with E-state index in [2.05, 4.69) is 0 Å². The molecule has 1 heterocycles. The molecule has 2 aromatic carbocycles. The minimum atomic E-state index is -1.17. The summed E-state index contributed by atoms with van der Waals surface area (Å²) in [5.41, 5.74) is 4.69. The lowest BCUT2D eigenvalue weighted by molar-refractivity contribution is -0.254. The van der Waals surface area contributed by atoms with Crippen molar-refractivity contribution in [3.8, 4) is 0 Å². The molecule has 0 unspecified atom stereocenters. The van der Waals surface area contributed by atoms with Crippen molar-refractivity contribution in [3.63, 3.8) is 0 Å². The number of methoxy groups -OCH3 is 1. The number of aromatic carboxylic acids is 1. The van der Waals surface area contributed by atoms with Gasteiger partial charge in [-0.2, -0.15) is 0 Å². The fraction of sp³-hybridized carbons (Fsp3) is 0.136. The van der Waals surface area contributed by atoms with Crippen LogP contribution in [0, 0.1) is 0 Å². The number of para-hydroxylation sites is 1. The van der Waals surface area contributed by atoms with Gasteiger partial charge in [-0.15, -0.1) is 0 Å². The van der Waals surface area contributed by atoms with Crippen LogP contribution in [0.15, 0.2) is 48.5 Å². The lowest BCUT2D eigenvalue weighted by Gasteiger charge is -2.13. The Labute approximate surface area is 155 Å². The van der Waals surface area contributed by atoms with E-state index in [1.807, 2.05) is 30.3 Å². The van der Waals surface area contributed by atoms with E-state index in [-0.39, 0.29) is 11.5 Å². The maximum absolute atomic E-state index is 11.8. The van der Waals surface area contributed by atoms with E-state index in [0.29, 0.717) is 35.0 Å². The summed E-state index contributed by atoms with van der Waals surface area (Å²) in [5.74, 6) is -1.55. The minimum absolute atomic E-state index is 0.236. The van der Waals surface area contributed by atoms with Crippen molar-refractivity contribution in [2.45, 2.75) is 12.8 Å². The normalized spacial score (nSPS) is 14.3. The summed E-state index contributed by atoms with van der Waals surface area (Å²) in [6.45, 7) is 0. The van der Waals surface area contributed by atoms with Gasteiger partial charge < -0.3 is 14.6 Å². The highest BCUT2D eigenvalue weighted by Crippen LogP contribution is 2.37. The van der Waals surface area contributed by atoms with Crippen LogP contribution in [-0.2, 0) is 11.2 Å². The fourth-order valence-electron chi connectivity index (χ4n) is 3.55. The first-order valence-electron chi connectivity index (χ1n) is 8.61. The SMILES string of the molecule is COC(=O)c1ccc(/C=C2\CCc3c2nc2ccccc2c3C(=O)[O-])cc1. The second-order valence-electron chi connectivity index (χ2n) is 6.40. The zero-order valence-electron chi connectivity index (χ0n) is 14.7. The highest BCUT2D eigenvalue weighted by atomic mass is 16.5.